The molecular weight excluding hydrogens is 365 g/mol. The largest absolute Gasteiger partial charge is 0.573 e. The van der Waals surface area contributed by atoms with Crippen LogP contribution < -0.4 is 10.1 Å². The van der Waals surface area contributed by atoms with Crippen LogP contribution in [0.5, 0.6) is 5.75 Å². The minimum atomic E-state index is -4.83. The van der Waals surface area contributed by atoms with Crippen LogP contribution in [0.3, 0.4) is 0 Å². The molecule has 1 atom stereocenters. The highest BCUT2D eigenvalue weighted by atomic mass is 19.4. The van der Waals surface area contributed by atoms with E-state index in [4.69, 9.17) is 4.74 Å². The van der Waals surface area contributed by atoms with E-state index in [-0.39, 0.29) is 5.56 Å². The molecule has 6 nitrogen and oxygen atoms in total. The molecule has 0 saturated heterocycles. The third-order valence-corrected chi connectivity index (χ3v) is 4.26. The number of halogens is 3. The van der Waals surface area contributed by atoms with Crippen molar-refractivity contribution < 1.29 is 32.2 Å². The van der Waals surface area contributed by atoms with Gasteiger partial charge in [-0.3, -0.25) is 4.79 Å². The minimum absolute atomic E-state index is 0.0307. The summed E-state index contributed by atoms with van der Waals surface area (Å²) in [5, 5.41) is 12.0. The Hall–Kier alpha value is -2.76. The maximum Gasteiger partial charge on any atom is 0.573 e. The SMILES string of the molecule is C[C@@H](OC(=O)c1ccc(OC(F)(F)F)cc1)C(=O)NC1(C#N)CCCCC1. The van der Waals surface area contributed by atoms with Crippen LogP contribution in [-0.2, 0) is 9.53 Å². The molecule has 9 heteroatoms. The molecule has 1 saturated carbocycles. The maximum absolute atomic E-state index is 12.3. The predicted molar refractivity (Wildman–Crippen MR) is 87.6 cm³/mol. The fraction of sp³-hybridized carbons (Fsp3) is 0.500. The standard InChI is InChI=1S/C18H19F3N2O4/c1-12(15(24)23-17(11-22)9-3-2-4-10-17)26-16(25)13-5-7-14(8-6-13)27-18(19,20)21/h5-8,12H,2-4,9-10H2,1H3,(H,23,24)/t12-/m1/s1. The zero-order valence-electron chi connectivity index (χ0n) is 14.6. The van der Waals surface area contributed by atoms with Crippen molar-refractivity contribution in [3.05, 3.63) is 29.8 Å². The van der Waals surface area contributed by atoms with Gasteiger partial charge in [0.15, 0.2) is 6.10 Å². The van der Waals surface area contributed by atoms with Crippen molar-refractivity contribution in [2.75, 3.05) is 0 Å². The molecule has 1 fully saturated rings. The Morgan fingerprint density at radius 3 is 2.30 bits per heavy atom. The number of hydrogen-bond acceptors (Lipinski definition) is 5. The molecule has 0 bridgehead atoms. The molecule has 0 radical (unpaired) electrons. The van der Waals surface area contributed by atoms with Gasteiger partial charge < -0.3 is 14.8 Å². The summed E-state index contributed by atoms with van der Waals surface area (Å²) in [4.78, 5) is 24.3. The number of carbonyl (C=O) groups excluding carboxylic acids is 2. The van der Waals surface area contributed by atoms with Crippen LogP contribution in [0.2, 0.25) is 0 Å². The van der Waals surface area contributed by atoms with Gasteiger partial charge in [-0.1, -0.05) is 19.3 Å². The van der Waals surface area contributed by atoms with E-state index in [2.05, 4.69) is 16.1 Å². The van der Waals surface area contributed by atoms with Crippen molar-refractivity contribution in [2.24, 2.45) is 0 Å². The minimum Gasteiger partial charge on any atom is -0.449 e. The smallest absolute Gasteiger partial charge is 0.449 e. The van der Waals surface area contributed by atoms with E-state index < -0.39 is 35.6 Å². The molecule has 1 aromatic carbocycles. The lowest BCUT2D eigenvalue weighted by molar-refractivity contribution is -0.274. The van der Waals surface area contributed by atoms with Gasteiger partial charge in [0, 0.05) is 0 Å². The highest BCUT2D eigenvalue weighted by molar-refractivity contribution is 5.92. The molecule has 1 aromatic rings. The molecule has 146 valence electrons. The van der Waals surface area contributed by atoms with Crippen LogP contribution in [-0.4, -0.2) is 29.9 Å². The van der Waals surface area contributed by atoms with Gasteiger partial charge in [0.25, 0.3) is 5.91 Å². The average Bonchev–Trinajstić information content (AvgIpc) is 2.61. The Morgan fingerprint density at radius 2 is 1.78 bits per heavy atom. The summed E-state index contributed by atoms with van der Waals surface area (Å²) >= 11 is 0. The van der Waals surface area contributed by atoms with Crippen LogP contribution in [0.15, 0.2) is 24.3 Å². The normalized spacial score (nSPS) is 17.3. The Balaban J connectivity index is 1.94. The summed E-state index contributed by atoms with van der Waals surface area (Å²) in [5.74, 6) is -1.94. The van der Waals surface area contributed by atoms with Crippen LogP contribution in [0.4, 0.5) is 13.2 Å². The van der Waals surface area contributed by atoms with Crippen molar-refractivity contribution in [2.45, 2.75) is 57.0 Å². The second-order valence-corrected chi connectivity index (χ2v) is 6.36. The molecule has 1 aliphatic rings. The van der Waals surface area contributed by atoms with E-state index in [1.165, 1.54) is 6.92 Å². The van der Waals surface area contributed by atoms with Crippen LogP contribution in [0, 0.1) is 11.3 Å². The lowest BCUT2D eigenvalue weighted by Crippen LogP contribution is -2.52. The molecule has 0 aliphatic heterocycles. The summed E-state index contributed by atoms with van der Waals surface area (Å²) < 4.78 is 45.2. The topological polar surface area (TPSA) is 88.4 Å². The predicted octanol–water partition coefficient (Wildman–Crippen LogP) is 3.47. The zero-order valence-corrected chi connectivity index (χ0v) is 14.6. The van der Waals surface area contributed by atoms with Crippen molar-refractivity contribution in [1.82, 2.24) is 5.32 Å². The summed E-state index contributed by atoms with van der Waals surface area (Å²) in [6, 6.07) is 6.29. The van der Waals surface area contributed by atoms with Crippen molar-refractivity contribution >= 4 is 11.9 Å². The average molecular weight is 384 g/mol. The van der Waals surface area contributed by atoms with Crippen molar-refractivity contribution in [3.63, 3.8) is 0 Å². The number of nitrogens with one attached hydrogen (secondary N) is 1. The summed E-state index contributed by atoms with van der Waals surface area (Å²) in [6.07, 6.45) is -2.26. The summed E-state index contributed by atoms with van der Waals surface area (Å²) in [6.45, 7) is 1.36. The highest BCUT2D eigenvalue weighted by Crippen LogP contribution is 2.28. The molecule has 0 unspecified atom stereocenters. The molecule has 2 rings (SSSR count). The Morgan fingerprint density at radius 1 is 1.19 bits per heavy atom. The molecule has 0 aromatic heterocycles. The number of amides is 1. The number of alkyl halides is 3. The fourth-order valence-corrected chi connectivity index (χ4v) is 2.83. The number of rotatable bonds is 5. The molecule has 1 amide bonds. The van der Waals surface area contributed by atoms with Gasteiger partial charge in [-0.15, -0.1) is 13.2 Å². The number of carbonyl (C=O) groups is 2. The fourth-order valence-electron chi connectivity index (χ4n) is 2.83. The number of nitrogens with zero attached hydrogens (tertiary/aromatic N) is 1. The van der Waals surface area contributed by atoms with E-state index in [0.717, 1.165) is 43.5 Å². The molecule has 0 spiro atoms. The van der Waals surface area contributed by atoms with Crippen molar-refractivity contribution in [3.8, 4) is 11.8 Å². The molecule has 1 aliphatic carbocycles. The van der Waals surface area contributed by atoms with Crippen LogP contribution >= 0.6 is 0 Å². The first-order valence-corrected chi connectivity index (χ1v) is 8.44. The van der Waals surface area contributed by atoms with E-state index in [0.29, 0.717) is 12.8 Å². The van der Waals surface area contributed by atoms with Gasteiger partial charge >= 0.3 is 12.3 Å². The first kappa shape index (κ1) is 20.6. The number of benzene rings is 1. The number of esters is 1. The third-order valence-electron chi connectivity index (χ3n) is 4.26. The Kier molecular flexibility index (Phi) is 6.31. The first-order chi connectivity index (χ1) is 12.6. The second kappa shape index (κ2) is 8.29. The van der Waals surface area contributed by atoms with Crippen LogP contribution in [0.25, 0.3) is 0 Å². The number of nitriles is 1. The lowest BCUT2D eigenvalue weighted by Gasteiger charge is -2.32. The zero-order chi connectivity index (χ0) is 20.1. The van der Waals surface area contributed by atoms with Gasteiger partial charge in [-0.05, 0) is 44.0 Å². The highest BCUT2D eigenvalue weighted by Gasteiger charge is 2.35. The quantitative estimate of drug-likeness (QED) is 0.786. The molecule has 0 heterocycles. The van der Waals surface area contributed by atoms with Crippen molar-refractivity contribution in [1.29, 1.82) is 5.26 Å². The van der Waals surface area contributed by atoms with Gasteiger partial charge in [-0.2, -0.15) is 5.26 Å². The Bertz CT molecular complexity index is 720. The number of hydrogen-bond donors (Lipinski definition) is 1. The third kappa shape index (κ3) is 5.88. The lowest BCUT2D eigenvalue weighted by atomic mass is 9.83. The van der Waals surface area contributed by atoms with Gasteiger partial charge in [0.1, 0.15) is 11.3 Å². The molecule has 27 heavy (non-hydrogen) atoms. The maximum atomic E-state index is 12.3. The summed E-state index contributed by atoms with van der Waals surface area (Å²) in [7, 11) is 0. The monoisotopic (exact) mass is 384 g/mol. The van der Waals surface area contributed by atoms with E-state index in [1.807, 2.05) is 0 Å². The number of ether oxygens (including phenoxy) is 2. The Labute approximate surface area is 154 Å². The first-order valence-electron chi connectivity index (χ1n) is 8.44. The molecule has 1 N–H and O–H groups in total. The van der Waals surface area contributed by atoms with Gasteiger partial charge in [0.2, 0.25) is 0 Å². The summed E-state index contributed by atoms with van der Waals surface area (Å²) in [5.41, 5.74) is -0.983. The molecular formula is C18H19F3N2O4. The second-order valence-electron chi connectivity index (χ2n) is 6.36. The van der Waals surface area contributed by atoms with E-state index in [9.17, 15) is 28.0 Å². The van der Waals surface area contributed by atoms with E-state index >= 15 is 0 Å². The van der Waals surface area contributed by atoms with Gasteiger partial charge in [-0.25, -0.2) is 4.79 Å². The van der Waals surface area contributed by atoms with E-state index in [1.54, 1.807) is 0 Å². The van der Waals surface area contributed by atoms with Crippen LogP contribution in [0.1, 0.15) is 49.4 Å². The van der Waals surface area contributed by atoms with Gasteiger partial charge in [0.05, 0.1) is 11.6 Å².